The van der Waals surface area contributed by atoms with Crippen LogP contribution in [0.15, 0.2) is 0 Å². The van der Waals surface area contributed by atoms with Gasteiger partial charge in [0.1, 0.15) is 0 Å². The van der Waals surface area contributed by atoms with E-state index in [0.29, 0.717) is 6.73 Å². The highest BCUT2D eigenvalue weighted by Gasteiger charge is 1.84. The van der Waals surface area contributed by atoms with Crippen LogP contribution >= 0.6 is 0 Å². The fourth-order valence-corrected chi connectivity index (χ4v) is 0.183. The van der Waals surface area contributed by atoms with E-state index < -0.39 is 10.4 Å². The zero-order valence-corrected chi connectivity index (χ0v) is 8.13. The number of hydrogen-bond acceptors (Lipinski definition) is 6. The molecule has 7 heteroatoms. The normalized spacial score (nSPS) is 10.8. The first kappa shape index (κ1) is 14.2. The van der Waals surface area contributed by atoms with Crippen LogP contribution in [0, 0.1) is 7.11 Å². The lowest BCUT2D eigenvalue weighted by Crippen LogP contribution is -2.13. The first-order chi connectivity index (χ1) is 5.33. The maximum atomic E-state index is 9.22. The summed E-state index contributed by atoms with van der Waals surface area (Å²) >= 11 is 0. The van der Waals surface area contributed by atoms with E-state index in [2.05, 4.69) is 16.0 Å². The first-order valence-electron chi connectivity index (χ1n) is 2.86. The largest absolute Gasteiger partial charge is 0.726 e. The molecule has 0 saturated carbocycles. The van der Waals surface area contributed by atoms with Gasteiger partial charge in [-0.05, 0) is 14.1 Å². The van der Waals surface area contributed by atoms with Gasteiger partial charge in [0.25, 0.3) is 0 Å². The molecule has 74 valence electrons. The van der Waals surface area contributed by atoms with Gasteiger partial charge in [0.15, 0.2) is 6.73 Å². The van der Waals surface area contributed by atoms with Crippen LogP contribution < -0.4 is 0 Å². The highest BCUT2D eigenvalue weighted by molar-refractivity contribution is 7.80. The van der Waals surface area contributed by atoms with Crippen molar-refractivity contribution in [1.29, 1.82) is 0 Å². The summed E-state index contributed by atoms with van der Waals surface area (Å²) < 4.78 is 35.5. The Kier molecular flexibility index (Phi) is 8.66. The van der Waals surface area contributed by atoms with Gasteiger partial charge in [-0.3, -0.25) is 9.08 Å². The summed E-state index contributed by atoms with van der Waals surface area (Å²) in [6.07, 6.45) is 0. The molecule has 0 unspecified atom stereocenters. The monoisotopic (exact) mass is 199 g/mol. The topological polar surface area (TPSA) is 78.9 Å². The molecule has 0 spiro atoms. The van der Waals surface area contributed by atoms with Gasteiger partial charge in [-0.2, -0.15) is 4.74 Å². The predicted octanol–water partition coefficient (Wildman–Crippen LogP) is -0.593. The molecule has 0 bridgehead atoms. The second-order valence-electron chi connectivity index (χ2n) is 1.99. The third-order valence-electron chi connectivity index (χ3n) is 0.554. The molecule has 0 N–H and O–H groups in total. The van der Waals surface area contributed by atoms with Crippen LogP contribution in [-0.2, 0) is 19.3 Å². The molecule has 0 aromatic carbocycles. The van der Waals surface area contributed by atoms with E-state index in [0.717, 1.165) is 7.11 Å². The summed E-state index contributed by atoms with van der Waals surface area (Å²) in [6.45, 7) is 0.597. The molecule has 0 aliphatic heterocycles. The molecule has 0 saturated heterocycles. The molecule has 0 radical (unpaired) electrons. The van der Waals surface area contributed by atoms with E-state index >= 15 is 0 Å². The lowest BCUT2D eigenvalue weighted by molar-refractivity contribution is 0.128. The Bertz CT molecular complexity index is 176. The zero-order chi connectivity index (χ0) is 10.2. The van der Waals surface area contributed by atoms with E-state index in [-0.39, 0.29) is 0 Å². The smallest absolute Gasteiger partial charge is 0.217 e. The van der Waals surface area contributed by atoms with Crippen molar-refractivity contribution in [2.75, 3.05) is 27.9 Å². The highest BCUT2D eigenvalue weighted by Crippen LogP contribution is 1.74. The van der Waals surface area contributed by atoms with Crippen LogP contribution in [0.5, 0.6) is 0 Å². The standard InChI is InChI=1S/C4H10NO.CH4O4S/c1-5(2)4-6-3;1-5-6(2,3)4/h3-4H2,1-2H3;1H3,(H,2,3,4)/q+1;/p-1. The van der Waals surface area contributed by atoms with Gasteiger partial charge in [-0.25, -0.2) is 8.42 Å². The maximum Gasteiger partial charge on any atom is 0.217 e. The average molecular weight is 199 g/mol. The summed E-state index contributed by atoms with van der Waals surface area (Å²) in [4.78, 5) is 1.90. The minimum Gasteiger partial charge on any atom is -0.726 e. The van der Waals surface area contributed by atoms with Crippen molar-refractivity contribution in [3.05, 3.63) is 7.11 Å². The molecule has 0 aliphatic rings. The molecule has 0 atom stereocenters. The van der Waals surface area contributed by atoms with Crippen molar-refractivity contribution in [2.24, 2.45) is 0 Å². The molecule has 0 fully saturated rings. The van der Waals surface area contributed by atoms with Crippen LogP contribution in [0.2, 0.25) is 0 Å². The fourth-order valence-electron chi connectivity index (χ4n) is 0.183. The molecule has 0 heterocycles. The molecule has 0 aromatic heterocycles. The summed E-state index contributed by atoms with van der Waals surface area (Å²) in [5, 5.41) is 0. The Morgan fingerprint density at radius 2 is 1.83 bits per heavy atom. The molecule has 0 amide bonds. The third-order valence-corrected chi connectivity index (χ3v) is 0.962. The molecule has 0 rings (SSSR count). The van der Waals surface area contributed by atoms with Gasteiger partial charge in [0.05, 0.1) is 7.11 Å². The van der Waals surface area contributed by atoms with Crippen molar-refractivity contribution in [1.82, 2.24) is 4.90 Å². The maximum absolute atomic E-state index is 9.22. The molecule has 12 heavy (non-hydrogen) atoms. The number of nitrogens with zero attached hydrogens (tertiary/aromatic N) is 1. The average Bonchev–Trinajstić information content (AvgIpc) is 1.87. The Balaban J connectivity index is 0. The fraction of sp³-hybridized carbons (Fsp3) is 0.800. The van der Waals surface area contributed by atoms with Crippen LogP contribution in [0.4, 0.5) is 0 Å². The molecular weight excluding hydrogens is 186 g/mol. The minimum atomic E-state index is -4.41. The van der Waals surface area contributed by atoms with Gasteiger partial charge in [-0.1, -0.05) is 0 Å². The van der Waals surface area contributed by atoms with Crippen LogP contribution in [0.3, 0.4) is 0 Å². The zero-order valence-electron chi connectivity index (χ0n) is 7.31. The van der Waals surface area contributed by atoms with Crippen LogP contribution in [0.1, 0.15) is 0 Å². The van der Waals surface area contributed by atoms with Gasteiger partial charge >= 0.3 is 0 Å². The minimum absolute atomic E-state index is 0.597. The Labute approximate surface area is 73.0 Å². The molecule has 6 nitrogen and oxygen atoms in total. The highest BCUT2D eigenvalue weighted by atomic mass is 32.3. The first-order valence-corrected chi connectivity index (χ1v) is 4.20. The quantitative estimate of drug-likeness (QED) is 0.261. The molecule has 0 aromatic rings. The van der Waals surface area contributed by atoms with E-state index in [1.165, 1.54) is 0 Å². The van der Waals surface area contributed by atoms with Gasteiger partial charge in [-0.15, -0.1) is 0 Å². The van der Waals surface area contributed by atoms with Gasteiger partial charge in [0.2, 0.25) is 17.5 Å². The summed E-state index contributed by atoms with van der Waals surface area (Å²) in [6, 6.07) is 0. The number of hydrogen-bond donors (Lipinski definition) is 0. The number of rotatable bonds is 3. The Morgan fingerprint density at radius 3 is 1.83 bits per heavy atom. The van der Waals surface area contributed by atoms with Crippen molar-refractivity contribution >= 4 is 10.4 Å². The SMILES string of the molecule is COS(=O)(=O)[O-].[CH2+]OCN(C)C. The predicted molar refractivity (Wildman–Crippen MR) is 41.7 cm³/mol. The van der Waals surface area contributed by atoms with Crippen LogP contribution in [0.25, 0.3) is 0 Å². The van der Waals surface area contributed by atoms with Gasteiger partial charge in [0, 0.05) is 0 Å². The van der Waals surface area contributed by atoms with E-state index in [1.54, 1.807) is 0 Å². The van der Waals surface area contributed by atoms with Crippen molar-refractivity contribution < 1.29 is 21.9 Å². The summed E-state index contributed by atoms with van der Waals surface area (Å²) in [7, 11) is 3.42. The van der Waals surface area contributed by atoms with Crippen molar-refractivity contribution in [2.45, 2.75) is 0 Å². The second kappa shape index (κ2) is 7.32. The second-order valence-corrected chi connectivity index (χ2v) is 3.14. The lowest BCUT2D eigenvalue weighted by atomic mass is 10.9. The molecule has 0 aliphatic carbocycles. The van der Waals surface area contributed by atoms with Crippen molar-refractivity contribution in [3.63, 3.8) is 0 Å². The van der Waals surface area contributed by atoms with E-state index in [4.69, 9.17) is 0 Å². The van der Waals surface area contributed by atoms with Crippen molar-refractivity contribution in [3.8, 4) is 0 Å². The lowest BCUT2D eigenvalue weighted by Gasteiger charge is -2.00. The van der Waals surface area contributed by atoms with E-state index in [9.17, 15) is 13.0 Å². The Morgan fingerprint density at radius 1 is 1.50 bits per heavy atom. The summed E-state index contributed by atoms with van der Waals surface area (Å²) in [5.74, 6) is 0. The van der Waals surface area contributed by atoms with Crippen LogP contribution in [-0.4, -0.2) is 45.8 Å². The third kappa shape index (κ3) is 22.6. The van der Waals surface area contributed by atoms with E-state index in [1.807, 2.05) is 19.0 Å². The number of ether oxygens (including phenoxy) is 1. The van der Waals surface area contributed by atoms with Gasteiger partial charge < -0.3 is 4.55 Å². The summed E-state index contributed by atoms with van der Waals surface area (Å²) in [5.41, 5.74) is 0. The molecular formula is C5H13NO5S. The Hall–Kier alpha value is -0.340.